The molecule has 0 unspecified atom stereocenters. The Kier molecular flexibility index (Phi) is 4.73. The minimum absolute atomic E-state index is 0.257. The van der Waals surface area contributed by atoms with Crippen molar-refractivity contribution >= 4 is 23.4 Å². The highest BCUT2D eigenvalue weighted by molar-refractivity contribution is 7.72. The highest BCUT2D eigenvalue weighted by atomic mass is 32.2. The fraction of sp³-hybridized carbons (Fsp3) is 0.250. The van der Waals surface area contributed by atoms with E-state index in [1.165, 1.54) is 17.6 Å². The van der Waals surface area contributed by atoms with Crippen LogP contribution in [0.15, 0.2) is 53.4 Å². The molecular weight excluding hydrogens is 283 g/mol. The van der Waals surface area contributed by atoms with E-state index in [1.54, 1.807) is 12.1 Å². The van der Waals surface area contributed by atoms with E-state index in [1.807, 2.05) is 12.1 Å². The Balaban J connectivity index is 2.06. The van der Waals surface area contributed by atoms with Crippen LogP contribution >= 0.6 is 0 Å². The summed E-state index contributed by atoms with van der Waals surface area (Å²) in [6.45, 7) is 6.62. The van der Waals surface area contributed by atoms with Crippen LogP contribution in [-0.2, 0) is 10.7 Å². The van der Waals surface area contributed by atoms with E-state index in [4.69, 9.17) is 4.74 Å². The predicted octanol–water partition coefficient (Wildman–Crippen LogP) is 2.73. The molecule has 110 valence electrons. The second-order valence-corrected chi connectivity index (χ2v) is 7.27. The van der Waals surface area contributed by atoms with Crippen molar-refractivity contribution in [3.63, 3.8) is 0 Å². The Morgan fingerprint density at radius 3 is 1.76 bits per heavy atom. The molecule has 21 heavy (non-hydrogen) atoms. The number of thiol groups is 1. The molecule has 0 aliphatic carbocycles. The molecule has 0 spiro atoms. The second kappa shape index (κ2) is 6.35. The van der Waals surface area contributed by atoms with Crippen molar-refractivity contribution in [2.45, 2.75) is 31.0 Å². The van der Waals surface area contributed by atoms with Crippen LogP contribution in [-0.4, -0.2) is 15.7 Å². The van der Waals surface area contributed by atoms with Gasteiger partial charge in [-0.15, -0.1) is 0 Å². The molecule has 2 aromatic rings. The van der Waals surface area contributed by atoms with E-state index in [9.17, 15) is 8.42 Å². The zero-order valence-electron chi connectivity index (χ0n) is 12.5. The fourth-order valence-electron chi connectivity index (χ4n) is 2.06. The first-order valence-electron chi connectivity index (χ1n) is 6.85. The lowest BCUT2D eigenvalue weighted by atomic mass is 9.51. The van der Waals surface area contributed by atoms with Gasteiger partial charge >= 0.3 is 0 Å². The van der Waals surface area contributed by atoms with Gasteiger partial charge in [0.25, 0.3) is 0 Å². The molecule has 0 N–H and O–H groups in total. The van der Waals surface area contributed by atoms with Crippen LogP contribution in [0.2, 0.25) is 5.31 Å². The van der Waals surface area contributed by atoms with E-state index in [0.29, 0.717) is 5.75 Å². The summed E-state index contributed by atoms with van der Waals surface area (Å²) in [4.78, 5) is 0.290. The third-order valence-electron chi connectivity index (χ3n) is 2.94. The summed E-state index contributed by atoms with van der Waals surface area (Å²) in [6, 6.07) is 14.4. The molecule has 2 aromatic carbocycles. The Morgan fingerprint density at radius 1 is 0.857 bits per heavy atom. The first-order chi connectivity index (χ1) is 9.83. The summed E-state index contributed by atoms with van der Waals surface area (Å²) in [6.07, 6.45) is 0. The van der Waals surface area contributed by atoms with Crippen molar-refractivity contribution in [1.82, 2.24) is 0 Å². The van der Waals surface area contributed by atoms with Gasteiger partial charge in [-0.25, -0.2) is 8.42 Å². The molecule has 0 heterocycles. The predicted molar refractivity (Wildman–Crippen MR) is 88.0 cm³/mol. The number of ether oxygens (including phenoxy) is 1. The first-order valence-corrected chi connectivity index (χ1v) is 8.02. The van der Waals surface area contributed by atoms with Gasteiger partial charge in [0.05, 0.1) is 4.90 Å². The van der Waals surface area contributed by atoms with Gasteiger partial charge in [0, 0.05) is 0 Å². The SMILES string of the molecule is CC(C)(C)Bc1ccc(Oc2ccc([SH](=O)=O)cc2)cc1. The molecule has 0 atom stereocenters. The lowest BCUT2D eigenvalue weighted by molar-refractivity contribution is 0.482. The van der Waals surface area contributed by atoms with Crippen molar-refractivity contribution in [3.8, 4) is 11.5 Å². The molecule has 0 fully saturated rings. The fourth-order valence-corrected chi connectivity index (χ4v) is 2.45. The maximum absolute atomic E-state index is 10.8. The molecule has 3 nitrogen and oxygen atoms in total. The third kappa shape index (κ3) is 4.94. The van der Waals surface area contributed by atoms with Gasteiger partial charge in [-0.3, -0.25) is 0 Å². The molecule has 0 amide bonds. The summed E-state index contributed by atoms with van der Waals surface area (Å²) < 4.78 is 27.3. The Labute approximate surface area is 128 Å². The summed E-state index contributed by atoms with van der Waals surface area (Å²) in [5, 5.41) is 0.257. The van der Waals surface area contributed by atoms with Gasteiger partial charge < -0.3 is 4.74 Å². The van der Waals surface area contributed by atoms with E-state index in [-0.39, 0.29) is 10.2 Å². The van der Waals surface area contributed by atoms with Crippen LogP contribution in [0.3, 0.4) is 0 Å². The van der Waals surface area contributed by atoms with Crippen LogP contribution in [0.25, 0.3) is 0 Å². The number of rotatable bonds is 4. The van der Waals surface area contributed by atoms with Crippen LogP contribution in [0, 0.1) is 0 Å². The smallest absolute Gasteiger partial charge is 0.168 e. The highest BCUT2D eigenvalue weighted by Gasteiger charge is 2.13. The second-order valence-electron chi connectivity index (χ2n) is 6.23. The van der Waals surface area contributed by atoms with Gasteiger partial charge in [0.15, 0.2) is 18.0 Å². The number of hydrogen-bond donors (Lipinski definition) is 1. The van der Waals surface area contributed by atoms with Gasteiger partial charge in [0.2, 0.25) is 0 Å². The highest BCUT2D eigenvalue weighted by Crippen LogP contribution is 2.23. The minimum atomic E-state index is -2.54. The molecule has 0 saturated heterocycles. The van der Waals surface area contributed by atoms with Crippen LogP contribution in [0.5, 0.6) is 11.5 Å². The summed E-state index contributed by atoms with van der Waals surface area (Å²) in [5.74, 6) is 1.37. The standard InChI is InChI=1S/C16H19BO3S/c1-16(2,3)17-12-4-6-13(7-5-12)20-14-8-10-15(11-9-14)21(18)19/h4-11,17,21H,1-3H3. The monoisotopic (exact) mass is 302 g/mol. The van der Waals surface area contributed by atoms with Crippen molar-refractivity contribution in [3.05, 3.63) is 48.5 Å². The molecule has 0 saturated carbocycles. The largest absolute Gasteiger partial charge is 0.457 e. The van der Waals surface area contributed by atoms with Gasteiger partial charge in [-0.2, -0.15) is 0 Å². The first kappa shape index (κ1) is 15.6. The summed E-state index contributed by atoms with van der Waals surface area (Å²) in [5.41, 5.74) is 1.27. The van der Waals surface area contributed by atoms with E-state index in [2.05, 4.69) is 32.9 Å². The number of hydrogen-bond acceptors (Lipinski definition) is 3. The van der Waals surface area contributed by atoms with Crippen molar-refractivity contribution < 1.29 is 13.2 Å². The van der Waals surface area contributed by atoms with Gasteiger partial charge in [-0.1, -0.05) is 43.7 Å². The molecule has 0 bridgehead atoms. The van der Waals surface area contributed by atoms with Crippen LogP contribution in [0.1, 0.15) is 20.8 Å². The molecular formula is C16H19BO3S. The minimum Gasteiger partial charge on any atom is -0.457 e. The average molecular weight is 302 g/mol. The van der Waals surface area contributed by atoms with Gasteiger partial charge in [0.1, 0.15) is 11.5 Å². The molecule has 0 aliphatic heterocycles. The topological polar surface area (TPSA) is 43.4 Å². The van der Waals surface area contributed by atoms with E-state index >= 15 is 0 Å². The van der Waals surface area contributed by atoms with E-state index < -0.39 is 10.7 Å². The molecule has 0 aromatic heterocycles. The van der Waals surface area contributed by atoms with Crippen molar-refractivity contribution in [2.75, 3.05) is 0 Å². The molecule has 5 heteroatoms. The Morgan fingerprint density at radius 2 is 1.33 bits per heavy atom. The maximum atomic E-state index is 10.8. The van der Waals surface area contributed by atoms with Crippen molar-refractivity contribution in [2.24, 2.45) is 0 Å². The van der Waals surface area contributed by atoms with Crippen molar-refractivity contribution in [1.29, 1.82) is 0 Å². The Hall–Kier alpha value is -1.75. The number of benzene rings is 2. The quantitative estimate of drug-likeness (QED) is 0.697. The van der Waals surface area contributed by atoms with Gasteiger partial charge in [-0.05, 0) is 36.4 Å². The Bertz CT molecular complexity index is 660. The lowest BCUT2D eigenvalue weighted by Crippen LogP contribution is -2.22. The average Bonchev–Trinajstić information content (AvgIpc) is 2.40. The summed E-state index contributed by atoms with van der Waals surface area (Å²) >= 11 is 0. The van der Waals surface area contributed by atoms with Crippen LogP contribution in [0.4, 0.5) is 0 Å². The maximum Gasteiger partial charge on any atom is 0.168 e. The zero-order valence-corrected chi connectivity index (χ0v) is 13.4. The molecule has 2 rings (SSSR count). The third-order valence-corrected chi connectivity index (χ3v) is 3.66. The lowest BCUT2D eigenvalue weighted by Gasteiger charge is -2.16. The van der Waals surface area contributed by atoms with Crippen LogP contribution < -0.4 is 10.2 Å². The molecule has 0 aliphatic rings. The molecule has 0 radical (unpaired) electrons. The normalized spacial score (nSPS) is 11.4. The summed E-state index contributed by atoms with van der Waals surface area (Å²) in [7, 11) is -1.53. The van der Waals surface area contributed by atoms with E-state index in [0.717, 1.165) is 13.0 Å². The zero-order chi connectivity index (χ0) is 15.5.